The minimum Gasteiger partial charge on any atom is -0.496 e. The molecule has 0 spiro atoms. The van der Waals surface area contributed by atoms with Crippen molar-refractivity contribution in [2.45, 2.75) is 18.9 Å². The molecule has 2 N–H and O–H groups in total. The number of likely N-dealkylation sites (N-methyl/N-ethyl adjacent to an activating group) is 1. The van der Waals surface area contributed by atoms with Crippen molar-refractivity contribution in [3.05, 3.63) is 28.2 Å². The molecule has 2 rings (SSSR count). The number of amides is 1. The van der Waals surface area contributed by atoms with Crippen LogP contribution in [0.3, 0.4) is 0 Å². The van der Waals surface area contributed by atoms with Crippen molar-refractivity contribution < 1.29 is 9.53 Å². The lowest BCUT2D eigenvalue weighted by atomic mass is 10.1. The third-order valence-electron chi connectivity index (χ3n) is 3.98. The lowest BCUT2D eigenvalue weighted by Crippen LogP contribution is -2.56. The molecule has 122 valence electrons. The fourth-order valence-electron chi connectivity index (χ4n) is 2.63. The van der Waals surface area contributed by atoms with Gasteiger partial charge in [0.1, 0.15) is 11.8 Å². The van der Waals surface area contributed by atoms with Crippen molar-refractivity contribution in [3.63, 3.8) is 0 Å². The number of nitrogens with zero attached hydrogens (tertiary/aromatic N) is 1. The summed E-state index contributed by atoms with van der Waals surface area (Å²) in [4.78, 5) is 14.3. The third kappa shape index (κ3) is 4.69. The highest BCUT2D eigenvalue weighted by Crippen LogP contribution is 2.24. The SMILES string of the molecule is COc1cc(Br)ccc1CCCNC(=O)C1CNCCN1C. The van der Waals surface area contributed by atoms with Crippen LogP contribution >= 0.6 is 15.9 Å². The van der Waals surface area contributed by atoms with E-state index in [0.717, 1.165) is 48.3 Å². The zero-order chi connectivity index (χ0) is 15.9. The van der Waals surface area contributed by atoms with Crippen molar-refractivity contribution in [2.75, 3.05) is 40.3 Å². The van der Waals surface area contributed by atoms with Gasteiger partial charge >= 0.3 is 0 Å². The van der Waals surface area contributed by atoms with Crippen molar-refractivity contribution >= 4 is 21.8 Å². The monoisotopic (exact) mass is 369 g/mol. The molecule has 1 aliphatic rings. The van der Waals surface area contributed by atoms with E-state index >= 15 is 0 Å². The minimum atomic E-state index is -0.0593. The smallest absolute Gasteiger partial charge is 0.238 e. The number of carbonyl (C=O) groups excluding carboxylic acids is 1. The largest absolute Gasteiger partial charge is 0.496 e. The molecule has 22 heavy (non-hydrogen) atoms. The Balaban J connectivity index is 1.76. The quantitative estimate of drug-likeness (QED) is 0.744. The Morgan fingerprint density at radius 2 is 2.36 bits per heavy atom. The van der Waals surface area contributed by atoms with E-state index in [0.29, 0.717) is 6.54 Å². The van der Waals surface area contributed by atoms with Gasteiger partial charge in [-0.1, -0.05) is 22.0 Å². The van der Waals surface area contributed by atoms with Crippen LogP contribution in [-0.4, -0.2) is 57.2 Å². The molecule has 0 saturated carbocycles. The highest BCUT2D eigenvalue weighted by atomic mass is 79.9. The van der Waals surface area contributed by atoms with Crippen LogP contribution in [0.4, 0.5) is 0 Å². The summed E-state index contributed by atoms with van der Waals surface area (Å²) in [5, 5.41) is 6.29. The van der Waals surface area contributed by atoms with E-state index in [1.54, 1.807) is 7.11 Å². The van der Waals surface area contributed by atoms with Gasteiger partial charge in [-0.3, -0.25) is 9.69 Å². The van der Waals surface area contributed by atoms with Crippen LogP contribution in [0.1, 0.15) is 12.0 Å². The van der Waals surface area contributed by atoms with Gasteiger partial charge in [-0.05, 0) is 37.6 Å². The number of hydrogen-bond donors (Lipinski definition) is 2. The Kier molecular flexibility index (Phi) is 6.67. The van der Waals surface area contributed by atoms with Crippen LogP contribution in [0.15, 0.2) is 22.7 Å². The Hall–Kier alpha value is -1.11. The first kappa shape index (κ1) is 17.2. The first-order valence-electron chi connectivity index (χ1n) is 7.63. The second-order valence-electron chi connectivity index (χ2n) is 5.55. The predicted molar refractivity (Wildman–Crippen MR) is 91.3 cm³/mol. The number of halogens is 1. The normalized spacial score (nSPS) is 19.0. The molecular weight excluding hydrogens is 346 g/mol. The van der Waals surface area contributed by atoms with Gasteiger partial charge in [0.05, 0.1) is 7.11 Å². The van der Waals surface area contributed by atoms with Gasteiger partial charge in [0, 0.05) is 30.7 Å². The highest BCUT2D eigenvalue weighted by molar-refractivity contribution is 9.10. The molecule has 0 bridgehead atoms. The molecule has 1 heterocycles. The number of benzene rings is 1. The van der Waals surface area contributed by atoms with Crippen LogP contribution in [0.5, 0.6) is 5.75 Å². The second kappa shape index (κ2) is 8.50. The number of aryl methyl sites for hydroxylation is 1. The van der Waals surface area contributed by atoms with Crippen LogP contribution in [0.2, 0.25) is 0 Å². The summed E-state index contributed by atoms with van der Waals surface area (Å²) in [6, 6.07) is 5.98. The maximum atomic E-state index is 12.2. The Bertz CT molecular complexity index is 510. The van der Waals surface area contributed by atoms with E-state index in [2.05, 4.69) is 37.5 Å². The van der Waals surface area contributed by atoms with Crippen LogP contribution in [0, 0.1) is 0 Å². The van der Waals surface area contributed by atoms with Gasteiger partial charge in [0.15, 0.2) is 0 Å². The highest BCUT2D eigenvalue weighted by Gasteiger charge is 2.25. The zero-order valence-electron chi connectivity index (χ0n) is 13.2. The van der Waals surface area contributed by atoms with E-state index in [-0.39, 0.29) is 11.9 Å². The van der Waals surface area contributed by atoms with E-state index < -0.39 is 0 Å². The van der Waals surface area contributed by atoms with Gasteiger partial charge in [-0.25, -0.2) is 0 Å². The lowest BCUT2D eigenvalue weighted by molar-refractivity contribution is -0.126. The number of methoxy groups -OCH3 is 1. The number of piperazine rings is 1. The third-order valence-corrected chi connectivity index (χ3v) is 4.48. The summed E-state index contributed by atoms with van der Waals surface area (Å²) in [6.45, 7) is 3.27. The molecule has 5 nitrogen and oxygen atoms in total. The first-order valence-corrected chi connectivity index (χ1v) is 8.42. The average Bonchev–Trinajstić information content (AvgIpc) is 2.52. The zero-order valence-corrected chi connectivity index (χ0v) is 14.8. The lowest BCUT2D eigenvalue weighted by Gasteiger charge is -2.31. The van der Waals surface area contributed by atoms with Crippen molar-refractivity contribution in [1.82, 2.24) is 15.5 Å². The Morgan fingerprint density at radius 1 is 1.55 bits per heavy atom. The molecule has 1 unspecified atom stereocenters. The standard InChI is InChI=1S/C16H24BrN3O2/c1-20-9-8-18-11-14(20)16(21)19-7-3-4-12-5-6-13(17)10-15(12)22-2/h5-6,10,14,18H,3-4,7-9,11H2,1-2H3,(H,19,21). The maximum absolute atomic E-state index is 12.2. The molecule has 6 heteroatoms. The Morgan fingerprint density at radius 3 is 3.09 bits per heavy atom. The van der Waals surface area contributed by atoms with E-state index in [1.807, 2.05) is 19.2 Å². The second-order valence-corrected chi connectivity index (χ2v) is 6.47. The van der Waals surface area contributed by atoms with Gasteiger partial charge in [-0.2, -0.15) is 0 Å². The van der Waals surface area contributed by atoms with E-state index in [1.165, 1.54) is 0 Å². The molecule has 1 aromatic carbocycles. The van der Waals surface area contributed by atoms with Gasteiger partial charge in [0.25, 0.3) is 0 Å². The molecule has 1 aliphatic heterocycles. The van der Waals surface area contributed by atoms with Crippen LogP contribution in [-0.2, 0) is 11.2 Å². The fourth-order valence-corrected chi connectivity index (χ4v) is 2.97. The predicted octanol–water partition coefficient (Wildman–Crippen LogP) is 1.41. The maximum Gasteiger partial charge on any atom is 0.238 e. The summed E-state index contributed by atoms with van der Waals surface area (Å²) >= 11 is 3.44. The van der Waals surface area contributed by atoms with Crippen molar-refractivity contribution in [2.24, 2.45) is 0 Å². The molecule has 1 fully saturated rings. The molecule has 0 radical (unpaired) electrons. The van der Waals surface area contributed by atoms with Crippen molar-refractivity contribution in [1.29, 1.82) is 0 Å². The molecule has 1 amide bonds. The summed E-state index contributed by atoms with van der Waals surface area (Å²) in [5.74, 6) is 0.995. The summed E-state index contributed by atoms with van der Waals surface area (Å²) in [6.07, 6.45) is 1.78. The summed E-state index contributed by atoms with van der Waals surface area (Å²) in [7, 11) is 3.68. The number of carbonyl (C=O) groups is 1. The molecule has 0 aliphatic carbocycles. The Labute approximate surface area is 140 Å². The minimum absolute atomic E-state index is 0.0593. The van der Waals surface area contributed by atoms with Gasteiger partial charge in [-0.15, -0.1) is 0 Å². The van der Waals surface area contributed by atoms with Crippen molar-refractivity contribution in [3.8, 4) is 5.75 Å². The van der Waals surface area contributed by atoms with Crippen LogP contribution in [0.25, 0.3) is 0 Å². The van der Waals surface area contributed by atoms with Crippen LogP contribution < -0.4 is 15.4 Å². The molecule has 0 aromatic heterocycles. The molecule has 1 atom stereocenters. The molecular formula is C16H24BrN3O2. The average molecular weight is 370 g/mol. The number of nitrogens with one attached hydrogen (secondary N) is 2. The van der Waals surface area contributed by atoms with E-state index in [9.17, 15) is 4.79 Å². The number of rotatable bonds is 6. The van der Waals surface area contributed by atoms with Gasteiger partial charge in [0.2, 0.25) is 5.91 Å². The molecule has 1 saturated heterocycles. The fraction of sp³-hybridized carbons (Fsp3) is 0.562. The number of ether oxygens (including phenoxy) is 1. The van der Waals surface area contributed by atoms with E-state index in [4.69, 9.17) is 4.74 Å². The topological polar surface area (TPSA) is 53.6 Å². The first-order chi connectivity index (χ1) is 10.6. The molecule has 1 aromatic rings. The summed E-state index contributed by atoms with van der Waals surface area (Å²) < 4.78 is 6.39. The number of hydrogen-bond acceptors (Lipinski definition) is 4. The van der Waals surface area contributed by atoms with Gasteiger partial charge < -0.3 is 15.4 Å². The summed E-state index contributed by atoms with van der Waals surface area (Å²) in [5.41, 5.74) is 1.16.